The molecule has 0 aromatic heterocycles. The molecule has 0 atom stereocenters. The number of carbonyl (C=O) groups is 2. The highest BCUT2D eigenvalue weighted by molar-refractivity contribution is 6.04. The first-order valence-corrected chi connectivity index (χ1v) is 9.95. The highest BCUT2D eigenvalue weighted by atomic mass is 19.1. The fraction of sp³-hybridized carbons (Fsp3) is 0.167. The Morgan fingerprint density at radius 2 is 1.75 bits per heavy atom. The van der Waals surface area contributed by atoms with Crippen molar-refractivity contribution in [1.82, 2.24) is 5.32 Å². The summed E-state index contributed by atoms with van der Waals surface area (Å²) >= 11 is 0. The summed E-state index contributed by atoms with van der Waals surface area (Å²) in [6, 6.07) is 15.6. The third kappa shape index (κ3) is 4.80. The van der Waals surface area contributed by atoms with Gasteiger partial charge in [0.25, 0.3) is 11.8 Å². The van der Waals surface area contributed by atoms with Crippen LogP contribution >= 0.6 is 0 Å². The molecule has 0 unspecified atom stereocenters. The zero-order valence-electron chi connectivity index (χ0n) is 17.3. The SMILES string of the molecule is COc1cc(C(=O)NCc2cccc(NC(=O)c3ccc(F)cc3)c2)cc2c1OCCO2. The summed E-state index contributed by atoms with van der Waals surface area (Å²) < 4.78 is 29.5. The molecule has 7 nitrogen and oxygen atoms in total. The molecular weight excluding hydrogens is 415 g/mol. The summed E-state index contributed by atoms with van der Waals surface area (Å²) in [5, 5.41) is 5.61. The number of carbonyl (C=O) groups excluding carboxylic acids is 2. The van der Waals surface area contributed by atoms with Gasteiger partial charge in [-0.2, -0.15) is 0 Å². The van der Waals surface area contributed by atoms with Crippen LogP contribution in [-0.2, 0) is 6.54 Å². The molecule has 0 spiro atoms. The molecule has 0 aliphatic carbocycles. The molecule has 32 heavy (non-hydrogen) atoms. The Balaban J connectivity index is 1.41. The maximum absolute atomic E-state index is 13.0. The smallest absolute Gasteiger partial charge is 0.255 e. The molecule has 3 aromatic carbocycles. The van der Waals surface area contributed by atoms with Gasteiger partial charge in [-0.15, -0.1) is 0 Å². The minimum atomic E-state index is -0.407. The van der Waals surface area contributed by atoms with E-state index in [9.17, 15) is 14.0 Å². The molecule has 2 amide bonds. The van der Waals surface area contributed by atoms with E-state index < -0.39 is 5.82 Å². The van der Waals surface area contributed by atoms with Gasteiger partial charge in [0, 0.05) is 23.4 Å². The second-order valence-electron chi connectivity index (χ2n) is 7.05. The van der Waals surface area contributed by atoms with Crippen molar-refractivity contribution in [2.45, 2.75) is 6.54 Å². The number of methoxy groups -OCH3 is 1. The Hall–Kier alpha value is -4.07. The fourth-order valence-electron chi connectivity index (χ4n) is 3.25. The zero-order valence-corrected chi connectivity index (χ0v) is 17.3. The van der Waals surface area contributed by atoms with Crippen molar-refractivity contribution in [3.63, 3.8) is 0 Å². The van der Waals surface area contributed by atoms with Gasteiger partial charge in [0.1, 0.15) is 19.0 Å². The van der Waals surface area contributed by atoms with E-state index in [0.29, 0.717) is 47.3 Å². The molecule has 164 valence electrons. The van der Waals surface area contributed by atoms with E-state index in [-0.39, 0.29) is 18.4 Å². The number of hydrogen-bond acceptors (Lipinski definition) is 5. The average molecular weight is 436 g/mol. The third-order valence-electron chi connectivity index (χ3n) is 4.83. The molecule has 4 rings (SSSR count). The van der Waals surface area contributed by atoms with Gasteiger partial charge >= 0.3 is 0 Å². The van der Waals surface area contributed by atoms with E-state index in [4.69, 9.17) is 14.2 Å². The van der Waals surface area contributed by atoms with Crippen LogP contribution in [0.4, 0.5) is 10.1 Å². The zero-order chi connectivity index (χ0) is 22.5. The van der Waals surface area contributed by atoms with Crippen LogP contribution in [0.25, 0.3) is 0 Å². The molecule has 1 heterocycles. The quantitative estimate of drug-likeness (QED) is 0.614. The van der Waals surface area contributed by atoms with Crippen LogP contribution in [0, 0.1) is 5.82 Å². The summed E-state index contributed by atoms with van der Waals surface area (Å²) in [6.45, 7) is 1.07. The maximum atomic E-state index is 13.0. The lowest BCUT2D eigenvalue weighted by molar-refractivity contribution is 0.0948. The Bertz CT molecular complexity index is 1130. The number of nitrogens with one attached hydrogen (secondary N) is 2. The molecule has 0 radical (unpaired) electrons. The first-order valence-electron chi connectivity index (χ1n) is 9.95. The molecule has 8 heteroatoms. The number of fused-ring (bicyclic) bond motifs is 1. The van der Waals surface area contributed by atoms with E-state index in [2.05, 4.69) is 10.6 Å². The van der Waals surface area contributed by atoms with Gasteiger partial charge in [-0.3, -0.25) is 9.59 Å². The monoisotopic (exact) mass is 436 g/mol. The van der Waals surface area contributed by atoms with Crippen molar-refractivity contribution in [1.29, 1.82) is 0 Å². The van der Waals surface area contributed by atoms with Crippen LogP contribution < -0.4 is 24.8 Å². The largest absolute Gasteiger partial charge is 0.493 e. The fourth-order valence-corrected chi connectivity index (χ4v) is 3.25. The van der Waals surface area contributed by atoms with Gasteiger partial charge in [0.2, 0.25) is 5.75 Å². The predicted octanol–water partition coefficient (Wildman–Crippen LogP) is 3.79. The van der Waals surface area contributed by atoms with Gasteiger partial charge < -0.3 is 24.8 Å². The maximum Gasteiger partial charge on any atom is 0.255 e. The standard InChI is InChI=1S/C24H21FN2O5/c1-30-20-12-17(13-21-22(20)32-10-9-31-21)23(28)26-14-15-3-2-4-19(11-15)27-24(29)16-5-7-18(25)8-6-16/h2-8,11-13H,9-10,14H2,1H3,(H,26,28)(H,27,29). The van der Waals surface area contributed by atoms with Crippen LogP contribution in [0.3, 0.4) is 0 Å². The van der Waals surface area contributed by atoms with E-state index in [1.807, 2.05) is 6.07 Å². The van der Waals surface area contributed by atoms with Crippen molar-refractivity contribution in [2.75, 3.05) is 25.6 Å². The second kappa shape index (κ2) is 9.38. The molecule has 0 bridgehead atoms. The Kier molecular flexibility index (Phi) is 6.21. The number of hydrogen-bond donors (Lipinski definition) is 2. The highest BCUT2D eigenvalue weighted by Crippen LogP contribution is 2.40. The van der Waals surface area contributed by atoms with Crippen molar-refractivity contribution < 1.29 is 28.2 Å². The summed E-state index contributed by atoms with van der Waals surface area (Å²) in [6.07, 6.45) is 0. The predicted molar refractivity (Wildman–Crippen MR) is 116 cm³/mol. The van der Waals surface area contributed by atoms with Gasteiger partial charge in [-0.05, 0) is 54.1 Å². The van der Waals surface area contributed by atoms with Crippen molar-refractivity contribution in [3.05, 3.63) is 83.2 Å². The Morgan fingerprint density at radius 3 is 2.53 bits per heavy atom. The molecule has 0 saturated carbocycles. The van der Waals surface area contributed by atoms with Gasteiger partial charge in [0.15, 0.2) is 11.5 Å². The third-order valence-corrected chi connectivity index (χ3v) is 4.83. The number of amides is 2. The normalized spacial score (nSPS) is 12.1. The Morgan fingerprint density at radius 1 is 0.969 bits per heavy atom. The number of anilines is 1. The first kappa shape index (κ1) is 21.2. The van der Waals surface area contributed by atoms with Crippen LogP contribution in [-0.4, -0.2) is 32.1 Å². The van der Waals surface area contributed by atoms with E-state index in [1.165, 1.54) is 31.4 Å². The molecule has 1 aliphatic rings. The second-order valence-corrected chi connectivity index (χ2v) is 7.05. The minimum absolute atomic E-state index is 0.246. The number of rotatable bonds is 6. The van der Waals surface area contributed by atoms with Crippen LogP contribution in [0.2, 0.25) is 0 Å². The average Bonchev–Trinajstić information content (AvgIpc) is 2.82. The summed E-state index contributed by atoms with van der Waals surface area (Å²) in [7, 11) is 1.50. The van der Waals surface area contributed by atoms with Crippen LogP contribution in [0.15, 0.2) is 60.7 Å². The van der Waals surface area contributed by atoms with Gasteiger partial charge in [-0.25, -0.2) is 4.39 Å². The molecule has 0 saturated heterocycles. The number of ether oxygens (including phenoxy) is 3. The van der Waals surface area contributed by atoms with Gasteiger partial charge in [0.05, 0.1) is 7.11 Å². The summed E-state index contributed by atoms with van der Waals surface area (Å²) in [5.41, 5.74) is 2.08. The molecule has 2 N–H and O–H groups in total. The molecule has 1 aliphatic heterocycles. The highest BCUT2D eigenvalue weighted by Gasteiger charge is 2.20. The van der Waals surface area contributed by atoms with E-state index in [1.54, 1.807) is 30.3 Å². The Labute approximate surface area is 184 Å². The lowest BCUT2D eigenvalue weighted by atomic mass is 10.1. The summed E-state index contributed by atoms with van der Waals surface area (Å²) in [5.74, 6) is 0.314. The van der Waals surface area contributed by atoms with E-state index >= 15 is 0 Å². The van der Waals surface area contributed by atoms with Crippen LogP contribution in [0.5, 0.6) is 17.2 Å². The van der Waals surface area contributed by atoms with Crippen LogP contribution in [0.1, 0.15) is 26.3 Å². The topological polar surface area (TPSA) is 85.9 Å². The number of halogens is 1. The number of benzene rings is 3. The lowest BCUT2D eigenvalue weighted by Gasteiger charge is -2.21. The molecular formula is C24H21FN2O5. The lowest BCUT2D eigenvalue weighted by Crippen LogP contribution is -2.24. The molecule has 0 fully saturated rings. The summed E-state index contributed by atoms with van der Waals surface area (Å²) in [4.78, 5) is 25.0. The van der Waals surface area contributed by atoms with Crippen molar-refractivity contribution in [2.24, 2.45) is 0 Å². The van der Waals surface area contributed by atoms with Crippen molar-refractivity contribution >= 4 is 17.5 Å². The first-order chi connectivity index (χ1) is 15.5. The van der Waals surface area contributed by atoms with Crippen molar-refractivity contribution in [3.8, 4) is 17.2 Å². The van der Waals surface area contributed by atoms with E-state index in [0.717, 1.165) is 5.56 Å². The molecule has 3 aromatic rings. The van der Waals surface area contributed by atoms with Gasteiger partial charge in [-0.1, -0.05) is 12.1 Å². The minimum Gasteiger partial charge on any atom is -0.493 e.